The number of nitrogens with zero attached hydrogens (tertiary/aromatic N) is 7. The number of carbonyl (C=O) groups is 1. The molecule has 0 aliphatic carbocycles. The van der Waals surface area contributed by atoms with Crippen molar-refractivity contribution in [2.75, 3.05) is 58.3 Å². The number of fused-ring (bicyclic) bond motifs is 2. The van der Waals surface area contributed by atoms with Gasteiger partial charge in [-0.05, 0) is 25.3 Å². The molecule has 40 heavy (non-hydrogen) atoms. The SMILES string of the molecule is C=CC(=O)N1CCN(c2nc(O[C@@H]3CN(C)C[C@H]3OC)nc3nc(-c4c(Cl)c(F)cc5[nH]ncc45)ccc23)CC1. The molecule has 0 bridgehead atoms. The van der Waals surface area contributed by atoms with Crippen LogP contribution in [0.25, 0.3) is 33.2 Å². The van der Waals surface area contributed by atoms with Crippen molar-refractivity contribution >= 4 is 45.3 Å². The molecule has 1 amide bonds. The summed E-state index contributed by atoms with van der Waals surface area (Å²) in [5.41, 5.74) is 1.74. The molecular weight excluding hydrogens is 539 g/mol. The Labute approximate surface area is 234 Å². The van der Waals surface area contributed by atoms with E-state index >= 15 is 0 Å². The maximum absolute atomic E-state index is 14.7. The fourth-order valence-electron chi connectivity index (χ4n) is 5.36. The number of carbonyl (C=O) groups excluding carboxylic acids is 1. The van der Waals surface area contributed by atoms with Gasteiger partial charge in [-0.25, -0.2) is 9.37 Å². The van der Waals surface area contributed by atoms with Crippen molar-refractivity contribution in [1.29, 1.82) is 0 Å². The Bertz CT molecular complexity index is 1610. The van der Waals surface area contributed by atoms with Gasteiger partial charge in [0.25, 0.3) is 0 Å². The summed E-state index contributed by atoms with van der Waals surface area (Å²) in [6.45, 7) is 7.14. The number of rotatable bonds is 6. The standard InChI is InChI=1S/C27H28ClFN8O3/c1-4-22(38)36-7-9-37(10-8-36)26-15-5-6-18(23-16-12-30-34-19(16)11-17(29)24(23)28)31-25(15)32-27(33-26)40-21-14-35(2)13-20(21)39-3/h4-6,11-12,20-21H,1,7-10,13-14H2,2-3H3,(H,30,34)/t20-,21-/m1/s1. The first-order chi connectivity index (χ1) is 19.4. The molecule has 1 aromatic carbocycles. The van der Waals surface area contributed by atoms with Gasteiger partial charge in [0.05, 0.1) is 27.8 Å². The van der Waals surface area contributed by atoms with Crippen LogP contribution in [0.5, 0.6) is 6.01 Å². The van der Waals surface area contributed by atoms with Gasteiger partial charge in [-0.2, -0.15) is 15.1 Å². The number of aromatic amines is 1. The van der Waals surface area contributed by atoms with E-state index in [1.54, 1.807) is 24.3 Å². The highest BCUT2D eigenvalue weighted by Gasteiger charge is 2.34. The molecule has 5 heterocycles. The molecule has 11 nitrogen and oxygen atoms in total. The lowest BCUT2D eigenvalue weighted by Gasteiger charge is -2.35. The monoisotopic (exact) mass is 566 g/mol. The summed E-state index contributed by atoms with van der Waals surface area (Å²) in [5.74, 6) is -0.0366. The maximum Gasteiger partial charge on any atom is 0.320 e. The largest absolute Gasteiger partial charge is 0.456 e. The fourth-order valence-corrected chi connectivity index (χ4v) is 5.61. The number of hydrogen-bond donors (Lipinski definition) is 1. The predicted octanol–water partition coefficient (Wildman–Crippen LogP) is 2.90. The van der Waals surface area contributed by atoms with E-state index in [0.717, 1.165) is 6.54 Å². The molecule has 3 aromatic heterocycles. The molecule has 2 saturated heterocycles. The number of nitrogens with one attached hydrogen (secondary N) is 1. The number of anilines is 1. The van der Waals surface area contributed by atoms with Gasteiger partial charge in [-0.1, -0.05) is 18.2 Å². The van der Waals surface area contributed by atoms with E-state index in [9.17, 15) is 9.18 Å². The van der Waals surface area contributed by atoms with Crippen molar-refractivity contribution in [3.05, 3.63) is 47.9 Å². The molecule has 6 rings (SSSR count). The van der Waals surface area contributed by atoms with Crippen molar-refractivity contribution in [2.45, 2.75) is 12.2 Å². The molecule has 2 atom stereocenters. The van der Waals surface area contributed by atoms with Crippen LogP contribution in [0.15, 0.2) is 37.1 Å². The minimum Gasteiger partial charge on any atom is -0.456 e. The zero-order valence-electron chi connectivity index (χ0n) is 22.1. The third-order valence-electron chi connectivity index (χ3n) is 7.44. The number of amides is 1. The number of likely N-dealkylation sites (N-methyl/N-ethyl adjacent to an activating group) is 1. The van der Waals surface area contributed by atoms with Crippen LogP contribution < -0.4 is 9.64 Å². The summed E-state index contributed by atoms with van der Waals surface area (Å²) in [6, 6.07) is 5.10. The summed E-state index contributed by atoms with van der Waals surface area (Å²) in [4.78, 5) is 32.4. The predicted molar refractivity (Wildman–Crippen MR) is 149 cm³/mol. The van der Waals surface area contributed by atoms with Crippen LogP contribution in [0.2, 0.25) is 5.02 Å². The summed E-state index contributed by atoms with van der Waals surface area (Å²) in [7, 11) is 3.66. The van der Waals surface area contributed by atoms with Crippen LogP contribution in [0.4, 0.5) is 10.2 Å². The number of ether oxygens (including phenoxy) is 2. The van der Waals surface area contributed by atoms with Crippen molar-refractivity contribution in [3.8, 4) is 17.3 Å². The quantitative estimate of drug-likeness (QED) is 0.352. The number of halogens is 2. The Morgan fingerprint density at radius 1 is 1.15 bits per heavy atom. The first-order valence-electron chi connectivity index (χ1n) is 12.9. The highest BCUT2D eigenvalue weighted by Crippen LogP contribution is 2.37. The van der Waals surface area contributed by atoms with Gasteiger partial charge in [0, 0.05) is 63.4 Å². The molecule has 4 aromatic rings. The lowest BCUT2D eigenvalue weighted by molar-refractivity contribution is -0.126. The highest BCUT2D eigenvalue weighted by atomic mass is 35.5. The second kappa shape index (κ2) is 10.6. The Morgan fingerprint density at radius 3 is 2.67 bits per heavy atom. The van der Waals surface area contributed by atoms with Gasteiger partial charge in [0.2, 0.25) is 5.91 Å². The molecule has 13 heteroatoms. The van der Waals surface area contributed by atoms with Gasteiger partial charge in [-0.15, -0.1) is 0 Å². The van der Waals surface area contributed by atoms with E-state index in [0.29, 0.717) is 71.7 Å². The highest BCUT2D eigenvalue weighted by molar-refractivity contribution is 6.35. The third-order valence-corrected chi connectivity index (χ3v) is 7.81. The van der Waals surface area contributed by atoms with E-state index in [-0.39, 0.29) is 29.1 Å². The number of methoxy groups -OCH3 is 1. The Balaban J connectivity index is 1.44. The number of likely N-dealkylation sites (tertiary alicyclic amines) is 1. The fraction of sp³-hybridized carbons (Fsp3) is 0.370. The molecular formula is C27H28ClFN8O3. The third kappa shape index (κ3) is 4.72. The first kappa shape index (κ1) is 26.4. The van der Waals surface area contributed by atoms with Crippen molar-refractivity contribution in [1.82, 2.24) is 34.9 Å². The topological polar surface area (TPSA) is 113 Å². The first-order valence-corrected chi connectivity index (χ1v) is 13.3. The molecule has 2 fully saturated rings. The lowest BCUT2D eigenvalue weighted by atomic mass is 10.1. The number of H-pyrrole nitrogens is 1. The van der Waals surface area contributed by atoms with Gasteiger partial charge >= 0.3 is 6.01 Å². The summed E-state index contributed by atoms with van der Waals surface area (Å²) in [6.07, 6.45) is 2.51. The number of hydrogen-bond acceptors (Lipinski definition) is 9. The number of pyridine rings is 1. The molecule has 0 radical (unpaired) electrons. The van der Waals surface area contributed by atoms with E-state index in [2.05, 4.69) is 31.6 Å². The maximum atomic E-state index is 14.7. The van der Waals surface area contributed by atoms with Crippen LogP contribution in [0, 0.1) is 5.82 Å². The molecule has 0 saturated carbocycles. The van der Waals surface area contributed by atoms with E-state index in [1.165, 1.54) is 12.1 Å². The van der Waals surface area contributed by atoms with Crippen LogP contribution in [-0.2, 0) is 9.53 Å². The smallest absolute Gasteiger partial charge is 0.320 e. The second-order valence-corrected chi connectivity index (χ2v) is 10.3. The van der Waals surface area contributed by atoms with Crippen LogP contribution in [-0.4, -0.2) is 106 Å². The van der Waals surface area contributed by atoms with Crippen LogP contribution in [0.1, 0.15) is 0 Å². The molecule has 0 spiro atoms. The Hall–Kier alpha value is -3.87. The Kier molecular flexibility index (Phi) is 6.99. The molecule has 208 valence electrons. The van der Waals surface area contributed by atoms with Gasteiger partial charge < -0.3 is 19.3 Å². The average molecular weight is 567 g/mol. The van der Waals surface area contributed by atoms with Crippen LogP contribution in [0.3, 0.4) is 0 Å². The van der Waals surface area contributed by atoms with E-state index in [1.807, 2.05) is 13.1 Å². The number of piperazine rings is 1. The zero-order valence-corrected chi connectivity index (χ0v) is 22.9. The normalized spacial score (nSPS) is 20.0. The zero-order chi connectivity index (χ0) is 28.0. The Morgan fingerprint density at radius 2 is 1.93 bits per heavy atom. The number of benzene rings is 1. The van der Waals surface area contributed by atoms with Crippen molar-refractivity contribution < 1.29 is 18.7 Å². The van der Waals surface area contributed by atoms with Gasteiger partial charge in [0.1, 0.15) is 23.8 Å². The summed E-state index contributed by atoms with van der Waals surface area (Å²) >= 11 is 6.43. The second-order valence-electron chi connectivity index (χ2n) is 9.94. The molecule has 0 unspecified atom stereocenters. The van der Waals surface area contributed by atoms with E-state index < -0.39 is 5.82 Å². The lowest BCUT2D eigenvalue weighted by Crippen LogP contribution is -2.48. The molecule has 1 N–H and O–H groups in total. The number of aromatic nitrogens is 5. The van der Waals surface area contributed by atoms with Crippen molar-refractivity contribution in [2.24, 2.45) is 0 Å². The molecule has 2 aliphatic rings. The van der Waals surface area contributed by atoms with Crippen molar-refractivity contribution in [3.63, 3.8) is 0 Å². The van der Waals surface area contributed by atoms with Crippen LogP contribution >= 0.6 is 11.6 Å². The van der Waals surface area contributed by atoms with Gasteiger partial charge in [0.15, 0.2) is 5.65 Å². The minimum atomic E-state index is -0.578. The minimum absolute atomic E-state index is 0.0496. The average Bonchev–Trinajstić information content (AvgIpc) is 3.57. The van der Waals surface area contributed by atoms with E-state index in [4.69, 9.17) is 31.0 Å². The summed E-state index contributed by atoms with van der Waals surface area (Å²) in [5, 5.41) is 8.12. The molecule has 2 aliphatic heterocycles. The summed E-state index contributed by atoms with van der Waals surface area (Å²) < 4.78 is 26.6. The van der Waals surface area contributed by atoms with Gasteiger partial charge in [-0.3, -0.25) is 14.8 Å².